The van der Waals surface area contributed by atoms with Gasteiger partial charge in [0.25, 0.3) is 5.91 Å². The largest absolute Gasteiger partial charge is 0.465 e. The second-order valence-electron chi connectivity index (χ2n) is 5.64. The van der Waals surface area contributed by atoms with Crippen molar-refractivity contribution in [2.75, 3.05) is 13.2 Å². The third-order valence-corrected chi connectivity index (χ3v) is 3.17. The van der Waals surface area contributed by atoms with Crippen LogP contribution in [0, 0.1) is 5.92 Å². The summed E-state index contributed by atoms with van der Waals surface area (Å²) in [6.45, 7) is 5.27. The fraction of sp³-hybridized carbons (Fsp3) is 0.471. The summed E-state index contributed by atoms with van der Waals surface area (Å²) >= 11 is 0. The maximum Gasteiger partial charge on any atom is 0.326 e. The molecule has 0 saturated carbocycles. The number of rotatable bonds is 7. The highest BCUT2D eigenvalue weighted by Gasteiger charge is 2.30. The van der Waals surface area contributed by atoms with Crippen molar-refractivity contribution in [3.8, 4) is 0 Å². The third-order valence-electron chi connectivity index (χ3n) is 3.17. The van der Waals surface area contributed by atoms with Crippen LogP contribution in [0.2, 0.25) is 0 Å². The molecular weight excluding hydrogens is 296 g/mol. The van der Waals surface area contributed by atoms with Gasteiger partial charge < -0.3 is 10.5 Å². The van der Waals surface area contributed by atoms with Gasteiger partial charge in [0, 0.05) is 5.56 Å². The number of carbonyl (C=O) groups excluding carboxylic acids is 3. The molecule has 23 heavy (non-hydrogen) atoms. The van der Waals surface area contributed by atoms with Gasteiger partial charge in [-0.2, -0.15) is 0 Å². The number of esters is 1. The van der Waals surface area contributed by atoms with Crippen molar-refractivity contribution in [3.63, 3.8) is 0 Å². The molecule has 0 heterocycles. The molecule has 0 fully saturated rings. The fourth-order valence-electron chi connectivity index (χ4n) is 2.13. The van der Waals surface area contributed by atoms with E-state index in [1.807, 2.05) is 13.8 Å². The number of carbonyl (C=O) groups is 3. The summed E-state index contributed by atoms with van der Waals surface area (Å²) in [4.78, 5) is 37.7. The Bertz CT molecular complexity index is 543. The first-order valence-electron chi connectivity index (χ1n) is 7.68. The zero-order chi connectivity index (χ0) is 17.4. The van der Waals surface area contributed by atoms with E-state index in [1.54, 1.807) is 37.3 Å². The molecule has 6 heteroatoms. The molecular formula is C17H24N2O4. The van der Waals surface area contributed by atoms with E-state index < -0.39 is 30.4 Å². The van der Waals surface area contributed by atoms with Crippen molar-refractivity contribution in [2.24, 2.45) is 11.7 Å². The number of nitrogens with two attached hydrogens (primary N) is 1. The van der Waals surface area contributed by atoms with Gasteiger partial charge in [0.1, 0.15) is 6.54 Å². The fourth-order valence-corrected chi connectivity index (χ4v) is 2.13. The molecule has 0 bridgehead atoms. The smallest absolute Gasteiger partial charge is 0.326 e. The maximum absolute atomic E-state index is 12.6. The van der Waals surface area contributed by atoms with E-state index in [-0.39, 0.29) is 12.5 Å². The van der Waals surface area contributed by atoms with Gasteiger partial charge in [0.15, 0.2) is 0 Å². The summed E-state index contributed by atoms with van der Waals surface area (Å²) in [5.41, 5.74) is 6.21. The average molecular weight is 320 g/mol. The Morgan fingerprint density at radius 2 is 1.78 bits per heavy atom. The molecule has 0 aromatic heterocycles. The van der Waals surface area contributed by atoms with Crippen molar-refractivity contribution >= 4 is 17.8 Å². The molecule has 0 aliphatic carbocycles. The summed E-state index contributed by atoms with van der Waals surface area (Å²) in [5.74, 6) is -1.56. The Morgan fingerprint density at radius 1 is 1.17 bits per heavy atom. The van der Waals surface area contributed by atoms with Crippen molar-refractivity contribution < 1.29 is 19.1 Å². The van der Waals surface area contributed by atoms with Gasteiger partial charge in [-0.1, -0.05) is 32.0 Å². The standard InChI is InChI=1S/C17H24N2O4/c1-4-23-15(20)11-19(17(22)14(18)10-12(2)3)16(21)13-8-6-5-7-9-13/h5-9,12,14H,4,10-11,18H2,1-3H3/t14-/m0/s1. The molecule has 0 spiro atoms. The topological polar surface area (TPSA) is 89.7 Å². The van der Waals surface area contributed by atoms with Gasteiger partial charge in [-0.3, -0.25) is 19.3 Å². The van der Waals surface area contributed by atoms with E-state index in [0.29, 0.717) is 12.0 Å². The van der Waals surface area contributed by atoms with Gasteiger partial charge in [0.2, 0.25) is 5.91 Å². The van der Waals surface area contributed by atoms with Crippen LogP contribution in [-0.4, -0.2) is 41.9 Å². The van der Waals surface area contributed by atoms with E-state index in [0.717, 1.165) is 4.90 Å². The van der Waals surface area contributed by atoms with Crippen LogP contribution in [-0.2, 0) is 14.3 Å². The highest BCUT2D eigenvalue weighted by Crippen LogP contribution is 2.10. The van der Waals surface area contributed by atoms with Gasteiger partial charge in [-0.15, -0.1) is 0 Å². The lowest BCUT2D eigenvalue weighted by Gasteiger charge is -2.24. The quantitative estimate of drug-likeness (QED) is 0.771. The van der Waals surface area contributed by atoms with E-state index in [2.05, 4.69) is 0 Å². The summed E-state index contributed by atoms with van der Waals surface area (Å²) in [6.07, 6.45) is 0.431. The second kappa shape index (κ2) is 9.05. The summed E-state index contributed by atoms with van der Waals surface area (Å²) in [6, 6.07) is 7.47. The summed E-state index contributed by atoms with van der Waals surface area (Å²) < 4.78 is 4.84. The van der Waals surface area contributed by atoms with Crippen LogP contribution in [0.15, 0.2) is 30.3 Å². The molecule has 0 aliphatic heterocycles. The molecule has 2 N–H and O–H groups in total. The minimum atomic E-state index is -0.836. The predicted octanol–water partition coefficient (Wildman–Crippen LogP) is 1.59. The van der Waals surface area contributed by atoms with Crippen LogP contribution in [0.1, 0.15) is 37.6 Å². The number of hydrogen-bond donors (Lipinski definition) is 1. The van der Waals surface area contributed by atoms with E-state index >= 15 is 0 Å². The number of nitrogens with zero attached hydrogens (tertiary/aromatic N) is 1. The van der Waals surface area contributed by atoms with Crippen molar-refractivity contribution in [3.05, 3.63) is 35.9 Å². The van der Waals surface area contributed by atoms with Crippen LogP contribution >= 0.6 is 0 Å². The minimum Gasteiger partial charge on any atom is -0.465 e. The van der Waals surface area contributed by atoms with Crippen LogP contribution in [0.4, 0.5) is 0 Å². The summed E-state index contributed by atoms with van der Waals surface area (Å²) in [7, 11) is 0. The Labute approximate surface area is 136 Å². The molecule has 0 radical (unpaired) electrons. The molecule has 126 valence electrons. The first-order chi connectivity index (χ1) is 10.9. The third kappa shape index (κ3) is 5.83. The molecule has 0 saturated heterocycles. The van der Waals surface area contributed by atoms with E-state index in [1.165, 1.54) is 0 Å². The number of imide groups is 1. The van der Waals surface area contributed by atoms with Crippen LogP contribution < -0.4 is 5.73 Å². The molecule has 1 aromatic carbocycles. The lowest BCUT2D eigenvalue weighted by atomic mass is 10.0. The van der Waals surface area contributed by atoms with Gasteiger partial charge >= 0.3 is 5.97 Å². The van der Waals surface area contributed by atoms with Gasteiger partial charge in [0.05, 0.1) is 12.6 Å². The van der Waals surface area contributed by atoms with Crippen LogP contribution in [0.3, 0.4) is 0 Å². The van der Waals surface area contributed by atoms with Gasteiger partial charge in [-0.05, 0) is 31.4 Å². The zero-order valence-corrected chi connectivity index (χ0v) is 13.8. The molecule has 1 rings (SSSR count). The van der Waals surface area contributed by atoms with E-state index in [4.69, 9.17) is 10.5 Å². The molecule has 1 aromatic rings. The van der Waals surface area contributed by atoms with Crippen LogP contribution in [0.5, 0.6) is 0 Å². The van der Waals surface area contributed by atoms with Crippen molar-refractivity contribution in [1.82, 2.24) is 4.90 Å². The molecule has 0 unspecified atom stereocenters. The lowest BCUT2D eigenvalue weighted by molar-refractivity contribution is -0.147. The average Bonchev–Trinajstić information content (AvgIpc) is 2.51. The Balaban J connectivity index is 2.99. The Morgan fingerprint density at radius 3 is 2.30 bits per heavy atom. The number of hydrogen-bond acceptors (Lipinski definition) is 5. The van der Waals surface area contributed by atoms with E-state index in [9.17, 15) is 14.4 Å². The lowest BCUT2D eigenvalue weighted by Crippen LogP contribution is -2.49. The van der Waals surface area contributed by atoms with Gasteiger partial charge in [-0.25, -0.2) is 0 Å². The highest BCUT2D eigenvalue weighted by atomic mass is 16.5. The Kier molecular flexibility index (Phi) is 7.41. The Hall–Kier alpha value is -2.21. The second-order valence-corrected chi connectivity index (χ2v) is 5.64. The summed E-state index contributed by atoms with van der Waals surface area (Å²) in [5, 5.41) is 0. The highest BCUT2D eigenvalue weighted by molar-refractivity contribution is 6.07. The van der Waals surface area contributed by atoms with Crippen molar-refractivity contribution in [2.45, 2.75) is 33.2 Å². The first-order valence-corrected chi connectivity index (χ1v) is 7.68. The normalized spacial score (nSPS) is 11.9. The molecule has 1 atom stereocenters. The number of amides is 2. The minimum absolute atomic E-state index is 0.179. The number of ether oxygens (including phenoxy) is 1. The maximum atomic E-state index is 12.6. The molecule has 0 aliphatic rings. The van der Waals surface area contributed by atoms with Crippen LogP contribution in [0.25, 0.3) is 0 Å². The zero-order valence-electron chi connectivity index (χ0n) is 13.8. The monoisotopic (exact) mass is 320 g/mol. The number of benzene rings is 1. The SMILES string of the molecule is CCOC(=O)CN(C(=O)c1ccccc1)C(=O)[C@@H](N)CC(C)C. The first kappa shape index (κ1) is 18.8. The predicted molar refractivity (Wildman–Crippen MR) is 86.5 cm³/mol. The molecule has 2 amide bonds. The van der Waals surface area contributed by atoms with Crippen molar-refractivity contribution in [1.29, 1.82) is 0 Å². The molecule has 6 nitrogen and oxygen atoms in total.